The second kappa shape index (κ2) is 5.66. The van der Waals surface area contributed by atoms with E-state index >= 15 is 0 Å². The number of anilines is 1. The summed E-state index contributed by atoms with van der Waals surface area (Å²) in [4.78, 5) is 14.8. The molecular weight excluding hydrogens is 274 g/mol. The summed E-state index contributed by atoms with van der Waals surface area (Å²) >= 11 is 1.77. The van der Waals surface area contributed by atoms with Crippen molar-refractivity contribution in [1.82, 2.24) is 4.98 Å². The molecular formula is C14H17N3O2S. The highest BCUT2D eigenvalue weighted by atomic mass is 32.2. The van der Waals surface area contributed by atoms with Crippen LogP contribution < -0.4 is 5.32 Å². The minimum absolute atomic E-state index is 0.0373. The van der Waals surface area contributed by atoms with Gasteiger partial charge in [0.05, 0.1) is 4.92 Å². The summed E-state index contributed by atoms with van der Waals surface area (Å²) in [6, 6.07) is 6.87. The fraction of sp³-hybridized carbons (Fsp3) is 0.357. The summed E-state index contributed by atoms with van der Waals surface area (Å²) in [5.41, 5.74) is 1.33. The molecule has 0 aliphatic carbocycles. The second-order valence-corrected chi connectivity index (χ2v) is 6.62. The van der Waals surface area contributed by atoms with E-state index < -0.39 is 4.92 Å². The maximum atomic E-state index is 11.0. The first kappa shape index (κ1) is 14.6. The van der Waals surface area contributed by atoms with Crippen molar-refractivity contribution >= 4 is 34.0 Å². The Labute approximate surface area is 121 Å². The van der Waals surface area contributed by atoms with E-state index in [0.717, 1.165) is 17.6 Å². The molecule has 0 saturated carbocycles. The number of pyridine rings is 1. The maximum Gasteiger partial charge on any atom is 0.295 e. The van der Waals surface area contributed by atoms with Crippen LogP contribution in [0.4, 0.5) is 11.4 Å². The normalized spacial score (nSPS) is 11.6. The lowest BCUT2D eigenvalue weighted by molar-refractivity contribution is -0.383. The molecule has 0 saturated heterocycles. The van der Waals surface area contributed by atoms with Crippen molar-refractivity contribution in [2.24, 2.45) is 0 Å². The highest BCUT2D eigenvalue weighted by Gasteiger charge is 2.18. The minimum Gasteiger partial charge on any atom is -0.383 e. The van der Waals surface area contributed by atoms with Crippen molar-refractivity contribution in [2.45, 2.75) is 18.6 Å². The summed E-state index contributed by atoms with van der Waals surface area (Å²) in [6.07, 6.45) is 3.67. The first-order valence-electron chi connectivity index (χ1n) is 6.26. The fourth-order valence-corrected chi connectivity index (χ4v) is 2.06. The number of hydrogen-bond acceptors (Lipinski definition) is 5. The van der Waals surface area contributed by atoms with Gasteiger partial charge >= 0.3 is 0 Å². The first-order chi connectivity index (χ1) is 9.44. The van der Waals surface area contributed by atoms with Crippen molar-refractivity contribution in [3.05, 3.63) is 40.6 Å². The van der Waals surface area contributed by atoms with E-state index in [1.54, 1.807) is 24.0 Å². The van der Waals surface area contributed by atoms with E-state index in [0.29, 0.717) is 5.52 Å². The molecule has 0 amide bonds. The van der Waals surface area contributed by atoms with Crippen LogP contribution >= 0.6 is 11.8 Å². The van der Waals surface area contributed by atoms with Gasteiger partial charge in [0.2, 0.25) is 0 Å². The van der Waals surface area contributed by atoms with E-state index in [9.17, 15) is 10.1 Å². The monoisotopic (exact) mass is 291 g/mol. The van der Waals surface area contributed by atoms with Crippen LogP contribution in [0.1, 0.15) is 13.8 Å². The van der Waals surface area contributed by atoms with E-state index in [-0.39, 0.29) is 10.4 Å². The first-order valence-corrected chi connectivity index (χ1v) is 7.48. The molecule has 1 heterocycles. The Bertz CT molecular complexity index is 643. The zero-order valence-corrected chi connectivity index (χ0v) is 12.5. The number of thioether (sulfide) groups is 1. The van der Waals surface area contributed by atoms with Gasteiger partial charge in [0, 0.05) is 34.6 Å². The van der Waals surface area contributed by atoms with Crippen LogP contribution in [0.25, 0.3) is 10.9 Å². The molecule has 2 rings (SSSR count). The number of nitrogens with one attached hydrogen (secondary N) is 1. The van der Waals surface area contributed by atoms with Gasteiger partial charge in [-0.25, -0.2) is 4.98 Å². The lowest BCUT2D eigenvalue weighted by atomic mass is 10.1. The fourth-order valence-electron chi connectivity index (χ4n) is 1.84. The molecule has 1 N–H and O–H groups in total. The number of nitrogens with zero attached hydrogens (tertiary/aromatic N) is 2. The Morgan fingerprint density at radius 1 is 1.40 bits per heavy atom. The van der Waals surface area contributed by atoms with Gasteiger partial charge in [-0.15, -0.1) is 0 Å². The molecule has 5 nitrogen and oxygen atoms in total. The highest BCUT2D eigenvalue weighted by molar-refractivity contribution is 7.99. The van der Waals surface area contributed by atoms with Crippen LogP contribution in [-0.2, 0) is 0 Å². The van der Waals surface area contributed by atoms with E-state index in [2.05, 4.69) is 30.4 Å². The van der Waals surface area contributed by atoms with Crippen molar-refractivity contribution in [2.75, 3.05) is 18.1 Å². The Morgan fingerprint density at radius 2 is 2.15 bits per heavy atom. The van der Waals surface area contributed by atoms with E-state index in [1.165, 1.54) is 6.07 Å². The molecule has 20 heavy (non-hydrogen) atoms. The predicted octanol–water partition coefficient (Wildman–Crippen LogP) is 3.70. The average molecular weight is 291 g/mol. The lowest BCUT2D eigenvalue weighted by Crippen LogP contribution is -2.25. The molecule has 1 aromatic carbocycles. The largest absolute Gasteiger partial charge is 0.383 e. The molecule has 1 aromatic heterocycles. The molecule has 0 spiro atoms. The van der Waals surface area contributed by atoms with Gasteiger partial charge in [-0.2, -0.15) is 11.8 Å². The number of nitro benzene ring substituents is 1. The summed E-state index contributed by atoms with van der Waals surface area (Å²) in [5.74, 6) is 0. The van der Waals surface area contributed by atoms with Gasteiger partial charge in [-0.1, -0.05) is 12.1 Å². The van der Waals surface area contributed by atoms with E-state index in [4.69, 9.17) is 0 Å². The Hall–Kier alpha value is -1.82. The zero-order chi connectivity index (χ0) is 14.8. The van der Waals surface area contributed by atoms with Crippen molar-refractivity contribution in [3.8, 4) is 0 Å². The van der Waals surface area contributed by atoms with Gasteiger partial charge in [0.25, 0.3) is 5.69 Å². The third-order valence-corrected chi connectivity index (χ3v) is 4.45. The quantitative estimate of drug-likeness (QED) is 0.672. The topological polar surface area (TPSA) is 68.1 Å². The van der Waals surface area contributed by atoms with Gasteiger partial charge in [-0.3, -0.25) is 10.1 Å². The number of rotatable bonds is 5. The number of aromatic nitrogens is 1. The van der Waals surface area contributed by atoms with Crippen molar-refractivity contribution in [3.63, 3.8) is 0 Å². The van der Waals surface area contributed by atoms with Gasteiger partial charge in [0.1, 0.15) is 5.52 Å². The van der Waals surface area contributed by atoms with Crippen LogP contribution in [0.15, 0.2) is 30.5 Å². The van der Waals surface area contributed by atoms with Gasteiger partial charge in [-0.05, 0) is 26.2 Å². The third-order valence-electron chi connectivity index (χ3n) is 3.20. The van der Waals surface area contributed by atoms with Crippen molar-refractivity contribution in [1.29, 1.82) is 0 Å². The third kappa shape index (κ3) is 3.01. The molecule has 0 radical (unpaired) electrons. The molecule has 2 aromatic rings. The Morgan fingerprint density at radius 3 is 2.80 bits per heavy atom. The number of non-ortho nitro benzene ring substituents is 1. The summed E-state index contributed by atoms with van der Waals surface area (Å²) in [7, 11) is 0. The predicted molar refractivity (Wildman–Crippen MR) is 84.5 cm³/mol. The summed E-state index contributed by atoms with van der Waals surface area (Å²) < 4.78 is 0.0936. The number of nitro groups is 1. The molecule has 0 bridgehead atoms. The maximum absolute atomic E-state index is 11.0. The number of hydrogen-bond donors (Lipinski definition) is 1. The van der Waals surface area contributed by atoms with Gasteiger partial charge < -0.3 is 5.32 Å². The number of fused-ring (bicyclic) bond motifs is 1. The Balaban J connectivity index is 2.40. The molecule has 6 heteroatoms. The Kier molecular flexibility index (Phi) is 4.13. The standard InChI is InChI=1S/C14H17N3O2S/c1-14(2,20-3)9-16-11-7-8-15-13-10(11)5-4-6-12(13)17(18)19/h4-8H,9H2,1-3H3,(H,15,16). The van der Waals surface area contributed by atoms with Crippen LogP contribution in [0, 0.1) is 10.1 Å². The smallest absolute Gasteiger partial charge is 0.295 e. The molecule has 0 aliphatic rings. The lowest BCUT2D eigenvalue weighted by Gasteiger charge is -2.23. The van der Waals surface area contributed by atoms with Crippen LogP contribution in [0.3, 0.4) is 0 Å². The van der Waals surface area contributed by atoms with E-state index in [1.807, 2.05) is 12.1 Å². The number of benzene rings is 1. The second-order valence-electron chi connectivity index (χ2n) is 5.11. The molecule has 0 atom stereocenters. The SMILES string of the molecule is CSC(C)(C)CNc1ccnc2c([N+](=O)[O-])cccc12. The van der Waals surface area contributed by atoms with Crippen LogP contribution in [0.5, 0.6) is 0 Å². The van der Waals surface area contributed by atoms with Crippen LogP contribution in [-0.4, -0.2) is 27.5 Å². The molecule has 0 unspecified atom stereocenters. The summed E-state index contributed by atoms with van der Waals surface area (Å²) in [5, 5.41) is 15.2. The molecule has 0 aliphatic heterocycles. The number of para-hydroxylation sites is 1. The van der Waals surface area contributed by atoms with Gasteiger partial charge in [0.15, 0.2) is 0 Å². The van der Waals surface area contributed by atoms with Crippen LogP contribution in [0.2, 0.25) is 0 Å². The highest BCUT2D eigenvalue weighted by Crippen LogP contribution is 2.29. The average Bonchev–Trinajstić information content (AvgIpc) is 2.44. The van der Waals surface area contributed by atoms with Crippen molar-refractivity contribution < 1.29 is 4.92 Å². The minimum atomic E-state index is -0.398. The zero-order valence-electron chi connectivity index (χ0n) is 11.7. The molecule has 0 fully saturated rings. The molecule has 106 valence electrons. The summed E-state index contributed by atoms with van der Waals surface area (Å²) in [6.45, 7) is 5.07.